The van der Waals surface area contributed by atoms with Gasteiger partial charge in [-0.3, -0.25) is 9.69 Å². The summed E-state index contributed by atoms with van der Waals surface area (Å²) in [7, 11) is 0. The highest BCUT2D eigenvalue weighted by Gasteiger charge is 2.25. The maximum Gasteiger partial charge on any atom is 0.410 e. The SMILES string of the molecule is CSc1nc(-c2ccc(OCCN3CCN(C(=O)OC(C)(C)C)CC3)cc2)c(C#N)c(=O)[nH]1. The van der Waals surface area contributed by atoms with Gasteiger partial charge in [0.25, 0.3) is 5.56 Å². The number of hydrogen-bond donors (Lipinski definition) is 1. The van der Waals surface area contributed by atoms with Crippen LogP contribution < -0.4 is 10.3 Å². The van der Waals surface area contributed by atoms with Crippen LogP contribution in [0.4, 0.5) is 4.79 Å². The van der Waals surface area contributed by atoms with E-state index in [1.165, 1.54) is 11.8 Å². The maximum atomic E-state index is 12.2. The van der Waals surface area contributed by atoms with E-state index >= 15 is 0 Å². The lowest BCUT2D eigenvalue weighted by molar-refractivity contribution is 0.0137. The molecule has 0 radical (unpaired) electrons. The monoisotopic (exact) mass is 471 g/mol. The van der Waals surface area contributed by atoms with E-state index in [9.17, 15) is 14.9 Å². The average molecular weight is 472 g/mol. The average Bonchev–Trinajstić information content (AvgIpc) is 2.78. The van der Waals surface area contributed by atoms with E-state index in [2.05, 4.69) is 14.9 Å². The van der Waals surface area contributed by atoms with Crippen LogP contribution in [0.5, 0.6) is 5.75 Å². The van der Waals surface area contributed by atoms with E-state index in [1.807, 2.05) is 33.1 Å². The van der Waals surface area contributed by atoms with E-state index in [0.717, 1.165) is 19.6 Å². The van der Waals surface area contributed by atoms with Crippen molar-refractivity contribution in [1.82, 2.24) is 19.8 Å². The molecule has 9 nitrogen and oxygen atoms in total. The first-order valence-electron chi connectivity index (χ1n) is 10.7. The summed E-state index contributed by atoms with van der Waals surface area (Å²) in [5, 5.41) is 9.80. The molecule has 176 valence electrons. The predicted molar refractivity (Wildman–Crippen MR) is 127 cm³/mol. The number of aromatic amines is 1. The minimum absolute atomic E-state index is 0.00741. The number of nitriles is 1. The fraction of sp³-hybridized carbons (Fsp3) is 0.478. The second-order valence-electron chi connectivity index (χ2n) is 8.59. The molecule has 2 aromatic rings. The maximum absolute atomic E-state index is 12.2. The normalized spacial score (nSPS) is 14.6. The molecular weight excluding hydrogens is 442 g/mol. The van der Waals surface area contributed by atoms with Crippen molar-refractivity contribution in [1.29, 1.82) is 5.26 Å². The third kappa shape index (κ3) is 6.73. The van der Waals surface area contributed by atoms with Crippen molar-refractivity contribution >= 4 is 17.9 Å². The number of nitrogens with zero attached hydrogens (tertiary/aromatic N) is 4. The third-order valence-corrected chi connectivity index (χ3v) is 5.61. The van der Waals surface area contributed by atoms with Gasteiger partial charge in [0, 0.05) is 38.3 Å². The van der Waals surface area contributed by atoms with Crippen LogP contribution in [0, 0.1) is 11.3 Å². The molecule has 0 aliphatic carbocycles. The first-order valence-corrected chi connectivity index (χ1v) is 11.9. The number of benzene rings is 1. The van der Waals surface area contributed by atoms with Crippen LogP contribution in [-0.4, -0.2) is 77.0 Å². The van der Waals surface area contributed by atoms with Crippen LogP contribution in [-0.2, 0) is 4.74 Å². The summed E-state index contributed by atoms with van der Waals surface area (Å²) in [5.74, 6) is 0.694. The van der Waals surface area contributed by atoms with Gasteiger partial charge < -0.3 is 19.4 Å². The lowest BCUT2D eigenvalue weighted by Gasteiger charge is -2.35. The van der Waals surface area contributed by atoms with Gasteiger partial charge in [-0.15, -0.1) is 0 Å². The Balaban J connectivity index is 1.51. The number of rotatable bonds is 6. The van der Waals surface area contributed by atoms with Crippen LogP contribution in [0.3, 0.4) is 0 Å². The van der Waals surface area contributed by atoms with Gasteiger partial charge >= 0.3 is 6.09 Å². The number of nitrogens with one attached hydrogen (secondary N) is 1. The Kier molecular flexibility index (Phi) is 8.00. The van der Waals surface area contributed by atoms with E-state index in [-0.39, 0.29) is 11.7 Å². The molecule has 1 saturated heterocycles. The molecule has 1 aliphatic heterocycles. The van der Waals surface area contributed by atoms with E-state index in [0.29, 0.717) is 41.9 Å². The highest BCUT2D eigenvalue weighted by Crippen LogP contribution is 2.24. The van der Waals surface area contributed by atoms with Crippen molar-refractivity contribution < 1.29 is 14.3 Å². The van der Waals surface area contributed by atoms with Gasteiger partial charge in [0.1, 0.15) is 29.6 Å². The molecular formula is C23H29N5O4S. The van der Waals surface area contributed by atoms with E-state index < -0.39 is 11.2 Å². The molecule has 1 aliphatic rings. The Morgan fingerprint density at radius 3 is 2.45 bits per heavy atom. The largest absolute Gasteiger partial charge is 0.492 e. The summed E-state index contributed by atoms with van der Waals surface area (Å²) in [6.45, 7) is 9.65. The summed E-state index contributed by atoms with van der Waals surface area (Å²) >= 11 is 1.31. The first-order chi connectivity index (χ1) is 15.7. The zero-order valence-electron chi connectivity index (χ0n) is 19.4. The second kappa shape index (κ2) is 10.7. The Morgan fingerprint density at radius 2 is 1.88 bits per heavy atom. The highest BCUT2D eigenvalue weighted by atomic mass is 32.2. The van der Waals surface area contributed by atoms with Crippen molar-refractivity contribution in [2.45, 2.75) is 31.5 Å². The van der Waals surface area contributed by atoms with E-state index in [4.69, 9.17) is 9.47 Å². The molecule has 3 rings (SSSR count). The van der Waals surface area contributed by atoms with Crippen molar-refractivity contribution in [3.63, 3.8) is 0 Å². The van der Waals surface area contributed by atoms with Crippen molar-refractivity contribution in [2.75, 3.05) is 45.6 Å². The molecule has 1 aromatic heterocycles. The lowest BCUT2D eigenvalue weighted by Crippen LogP contribution is -2.50. The van der Waals surface area contributed by atoms with Crippen LogP contribution in [0.25, 0.3) is 11.3 Å². The van der Waals surface area contributed by atoms with Gasteiger partial charge in [-0.25, -0.2) is 9.78 Å². The zero-order chi connectivity index (χ0) is 24.0. The molecule has 10 heteroatoms. The Labute approximate surface area is 197 Å². The fourth-order valence-corrected chi connectivity index (χ4v) is 3.72. The molecule has 1 amide bonds. The van der Waals surface area contributed by atoms with Gasteiger partial charge in [0.2, 0.25) is 0 Å². The highest BCUT2D eigenvalue weighted by molar-refractivity contribution is 7.98. The minimum atomic E-state index is -0.489. The summed E-state index contributed by atoms with van der Waals surface area (Å²) in [6, 6.07) is 9.13. The van der Waals surface area contributed by atoms with Crippen LogP contribution in [0.1, 0.15) is 26.3 Å². The van der Waals surface area contributed by atoms with Gasteiger partial charge in [-0.05, 0) is 51.3 Å². The van der Waals surface area contributed by atoms with Gasteiger partial charge in [-0.1, -0.05) is 11.8 Å². The predicted octanol–water partition coefficient (Wildman–Crippen LogP) is 2.96. The number of aromatic nitrogens is 2. The number of ether oxygens (including phenoxy) is 2. The van der Waals surface area contributed by atoms with Gasteiger partial charge in [0.15, 0.2) is 5.16 Å². The molecule has 0 saturated carbocycles. The number of carbonyl (C=O) groups excluding carboxylic acids is 1. The summed E-state index contributed by atoms with van der Waals surface area (Å²) in [6.07, 6.45) is 1.54. The van der Waals surface area contributed by atoms with Crippen LogP contribution in [0.15, 0.2) is 34.2 Å². The third-order valence-electron chi connectivity index (χ3n) is 5.03. The molecule has 2 heterocycles. The molecule has 0 unspecified atom stereocenters. The van der Waals surface area contributed by atoms with Gasteiger partial charge in [-0.2, -0.15) is 5.26 Å². The first kappa shape index (κ1) is 24.6. The molecule has 1 aromatic carbocycles. The van der Waals surface area contributed by atoms with Gasteiger partial charge in [0.05, 0.1) is 5.69 Å². The molecule has 33 heavy (non-hydrogen) atoms. The number of carbonyl (C=O) groups is 1. The van der Waals surface area contributed by atoms with Crippen LogP contribution in [0.2, 0.25) is 0 Å². The summed E-state index contributed by atoms with van der Waals surface area (Å²) in [5.41, 5.74) is 0.0987. The number of amides is 1. The number of hydrogen-bond acceptors (Lipinski definition) is 8. The topological polar surface area (TPSA) is 112 Å². The van der Waals surface area contributed by atoms with Crippen molar-refractivity contribution in [2.24, 2.45) is 0 Å². The molecule has 0 atom stereocenters. The smallest absolute Gasteiger partial charge is 0.410 e. The molecule has 1 N–H and O–H groups in total. The Hall–Kier alpha value is -3.03. The summed E-state index contributed by atoms with van der Waals surface area (Å²) < 4.78 is 11.3. The second-order valence-corrected chi connectivity index (χ2v) is 9.39. The van der Waals surface area contributed by atoms with Crippen LogP contribution >= 0.6 is 11.8 Å². The standard InChI is InChI=1S/C23H29N5O4S/c1-23(2,3)32-22(30)28-11-9-27(10-12-28)13-14-31-17-7-5-16(6-8-17)19-18(15-24)20(29)26-21(25-19)33-4/h5-8H,9-14H2,1-4H3,(H,25,26,29). The lowest BCUT2D eigenvalue weighted by atomic mass is 10.1. The van der Waals surface area contributed by atoms with Crippen molar-refractivity contribution in [3.05, 3.63) is 40.2 Å². The number of thioether (sulfide) groups is 1. The molecule has 0 bridgehead atoms. The fourth-order valence-electron chi connectivity index (χ4n) is 3.34. The Bertz CT molecular complexity index is 1060. The quantitative estimate of drug-likeness (QED) is 0.506. The molecule has 1 fully saturated rings. The minimum Gasteiger partial charge on any atom is -0.492 e. The zero-order valence-corrected chi connectivity index (χ0v) is 20.2. The molecule has 0 spiro atoms. The van der Waals surface area contributed by atoms with E-state index in [1.54, 1.807) is 29.2 Å². The van der Waals surface area contributed by atoms with Crippen molar-refractivity contribution in [3.8, 4) is 23.1 Å². The summed E-state index contributed by atoms with van der Waals surface area (Å²) in [4.78, 5) is 35.2. The Morgan fingerprint density at radius 1 is 1.21 bits per heavy atom. The number of H-pyrrole nitrogens is 1. The number of piperazine rings is 1.